The second-order valence-electron chi connectivity index (χ2n) is 8.36. The van der Waals surface area contributed by atoms with Crippen molar-refractivity contribution >= 4 is 0 Å². The first kappa shape index (κ1) is 25.9. The Morgan fingerprint density at radius 1 is 0.828 bits per heavy atom. The molecule has 3 nitrogen and oxygen atoms in total. The lowest BCUT2D eigenvalue weighted by molar-refractivity contribution is -0.000282. The maximum atomic E-state index is 10.4. The van der Waals surface area contributed by atoms with Gasteiger partial charge in [0.05, 0.1) is 18.2 Å². The van der Waals surface area contributed by atoms with Gasteiger partial charge in [-0.1, -0.05) is 120 Å². The van der Waals surface area contributed by atoms with Crippen LogP contribution >= 0.6 is 0 Å². The Morgan fingerprint density at radius 3 is 1.86 bits per heavy atom. The van der Waals surface area contributed by atoms with E-state index >= 15 is 0 Å². The average molecular weight is 404 g/mol. The molecule has 0 spiro atoms. The molecule has 0 aliphatic rings. The van der Waals surface area contributed by atoms with Gasteiger partial charge in [0.25, 0.3) is 0 Å². The first-order valence-corrected chi connectivity index (χ1v) is 11.9. The van der Waals surface area contributed by atoms with E-state index in [1.54, 1.807) is 6.08 Å². The van der Waals surface area contributed by atoms with Gasteiger partial charge in [-0.05, 0) is 12.0 Å². The van der Waals surface area contributed by atoms with Crippen molar-refractivity contribution in [3.63, 3.8) is 0 Å². The number of nitrogens with one attached hydrogen (secondary N) is 1. The summed E-state index contributed by atoms with van der Waals surface area (Å²) in [5, 5.41) is 24.1. The van der Waals surface area contributed by atoms with Crippen molar-refractivity contribution in [2.75, 3.05) is 0 Å². The third-order valence-electron chi connectivity index (χ3n) is 5.75. The van der Waals surface area contributed by atoms with Crippen molar-refractivity contribution in [2.24, 2.45) is 0 Å². The lowest BCUT2D eigenvalue weighted by Gasteiger charge is -2.25. The molecule has 1 aromatic carbocycles. The minimum Gasteiger partial charge on any atom is -0.390 e. The molecule has 3 N–H and O–H groups in total. The molecule has 0 bridgehead atoms. The van der Waals surface area contributed by atoms with Gasteiger partial charge in [0.2, 0.25) is 0 Å². The monoisotopic (exact) mass is 403 g/mol. The number of aliphatic hydroxyl groups excluding tert-OH is 2. The standard InChI is InChI=1S/C26H45NO2/c1-3-5-6-7-8-9-10-11-12-13-14-18-21-25(28)26(29)24(4-2)27-22-23-19-16-15-17-20-23/h4,15-17,19-20,24-29H,2-3,5-14,18,21-22H2,1H3/t24-,25-,26-/m0/s1. The van der Waals surface area contributed by atoms with E-state index in [1.807, 2.05) is 30.3 Å². The second-order valence-corrected chi connectivity index (χ2v) is 8.36. The summed E-state index contributed by atoms with van der Waals surface area (Å²) < 4.78 is 0. The van der Waals surface area contributed by atoms with Crippen molar-refractivity contribution in [2.45, 2.75) is 115 Å². The van der Waals surface area contributed by atoms with E-state index in [4.69, 9.17) is 0 Å². The van der Waals surface area contributed by atoms with Crippen LogP contribution < -0.4 is 5.32 Å². The lowest BCUT2D eigenvalue weighted by Crippen LogP contribution is -2.44. The van der Waals surface area contributed by atoms with Crippen LogP contribution in [-0.2, 0) is 6.54 Å². The van der Waals surface area contributed by atoms with Crippen molar-refractivity contribution in [1.82, 2.24) is 5.32 Å². The van der Waals surface area contributed by atoms with E-state index < -0.39 is 12.2 Å². The summed E-state index contributed by atoms with van der Waals surface area (Å²) in [6, 6.07) is 9.77. The topological polar surface area (TPSA) is 52.5 Å². The normalized spacial score (nSPS) is 14.4. The Labute approximate surface area is 179 Å². The van der Waals surface area contributed by atoms with Crippen LogP contribution in [0, 0.1) is 0 Å². The van der Waals surface area contributed by atoms with E-state index in [9.17, 15) is 10.2 Å². The fourth-order valence-electron chi connectivity index (χ4n) is 3.78. The molecule has 0 unspecified atom stereocenters. The minimum absolute atomic E-state index is 0.303. The van der Waals surface area contributed by atoms with Gasteiger partial charge in [-0.3, -0.25) is 0 Å². The molecule has 29 heavy (non-hydrogen) atoms. The van der Waals surface area contributed by atoms with Crippen molar-refractivity contribution < 1.29 is 10.2 Å². The van der Waals surface area contributed by atoms with Gasteiger partial charge in [-0.15, -0.1) is 6.58 Å². The molecular weight excluding hydrogens is 358 g/mol. The molecule has 0 aliphatic carbocycles. The van der Waals surface area contributed by atoms with Gasteiger partial charge in [0.15, 0.2) is 0 Å². The number of rotatable bonds is 19. The van der Waals surface area contributed by atoms with E-state index in [-0.39, 0.29) is 6.04 Å². The molecule has 0 aliphatic heterocycles. The number of unbranched alkanes of at least 4 members (excludes halogenated alkanes) is 11. The maximum absolute atomic E-state index is 10.4. The van der Waals surface area contributed by atoms with Crippen molar-refractivity contribution in [3.05, 3.63) is 48.6 Å². The third kappa shape index (κ3) is 12.9. The maximum Gasteiger partial charge on any atom is 0.0987 e. The minimum atomic E-state index is -0.816. The van der Waals surface area contributed by atoms with Crippen LogP contribution in [0.3, 0.4) is 0 Å². The molecule has 166 valence electrons. The molecular formula is C26H45NO2. The molecule has 0 amide bonds. The highest BCUT2D eigenvalue weighted by Crippen LogP contribution is 2.15. The van der Waals surface area contributed by atoms with Gasteiger partial charge in [-0.2, -0.15) is 0 Å². The van der Waals surface area contributed by atoms with Crippen LogP contribution in [0.2, 0.25) is 0 Å². The summed E-state index contributed by atoms with van der Waals surface area (Å²) in [5.74, 6) is 0. The zero-order valence-electron chi connectivity index (χ0n) is 18.7. The zero-order valence-corrected chi connectivity index (χ0v) is 18.7. The fraction of sp³-hybridized carbons (Fsp3) is 0.692. The number of benzene rings is 1. The summed E-state index contributed by atoms with van der Waals surface area (Å²) in [7, 11) is 0. The van der Waals surface area contributed by atoms with Crippen LogP contribution in [0.15, 0.2) is 43.0 Å². The predicted molar refractivity (Wildman–Crippen MR) is 125 cm³/mol. The SMILES string of the molecule is C=C[C@H](NCc1ccccc1)[C@H](O)[C@@H](O)CCCCCCCCCCCCCC. The highest BCUT2D eigenvalue weighted by atomic mass is 16.3. The van der Waals surface area contributed by atoms with E-state index in [1.165, 1.54) is 64.2 Å². The lowest BCUT2D eigenvalue weighted by atomic mass is 9.99. The summed E-state index contributed by atoms with van der Waals surface area (Å²) in [6.45, 7) is 6.73. The fourth-order valence-corrected chi connectivity index (χ4v) is 3.78. The summed E-state index contributed by atoms with van der Waals surface area (Å²) >= 11 is 0. The molecule has 1 aromatic rings. The number of aliphatic hydroxyl groups is 2. The molecule has 0 saturated heterocycles. The van der Waals surface area contributed by atoms with Gasteiger partial charge in [0.1, 0.15) is 0 Å². The van der Waals surface area contributed by atoms with Gasteiger partial charge >= 0.3 is 0 Å². The molecule has 3 atom stereocenters. The molecule has 1 rings (SSSR count). The summed E-state index contributed by atoms with van der Waals surface area (Å²) in [6.07, 6.45) is 16.4. The first-order chi connectivity index (χ1) is 14.2. The van der Waals surface area contributed by atoms with Crippen LogP contribution in [0.1, 0.15) is 96.0 Å². The van der Waals surface area contributed by atoms with Gasteiger partial charge in [-0.25, -0.2) is 0 Å². The second kappa shape index (κ2) is 17.7. The van der Waals surface area contributed by atoms with Crippen LogP contribution in [0.5, 0.6) is 0 Å². The number of hydrogen-bond acceptors (Lipinski definition) is 3. The summed E-state index contributed by atoms with van der Waals surface area (Å²) in [4.78, 5) is 0. The van der Waals surface area contributed by atoms with E-state index in [0.29, 0.717) is 13.0 Å². The Morgan fingerprint density at radius 2 is 1.34 bits per heavy atom. The Kier molecular flexibility index (Phi) is 15.8. The molecule has 0 radical (unpaired) electrons. The average Bonchev–Trinajstić information content (AvgIpc) is 2.75. The highest BCUT2D eigenvalue weighted by molar-refractivity contribution is 5.14. The van der Waals surface area contributed by atoms with E-state index in [0.717, 1.165) is 18.4 Å². The van der Waals surface area contributed by atoms with Crippen LogP contribution in [0.4, 0.5) is 0 Å². The predicted octanol–water partition coefficient (Wildman–Crippen LogP) is 6.14. The molecule has 0 aromatic heterocycles. The quantitative estimate of drug-likeness (QED) is 0.192. The summed E-state index contributed by atoms with van der Waals surface area (Å²) in [5.41, 5.74) is 1.15. The Bertz CT molecular complexity index is 491. The smallest absolute Gasteiger partial charge is 0.0987 e. The molecule has 3 heteroatoms. The van der Waals surface area contributed by atoms with Gasteiger partial charge in [0, 0.05) is 6.54 Å². The first-order valence-electron chi connectivity index (χ1n) is 11.9. The van der Waals surface area contributed by atoms with E-state index in [2.05, 4.69) is 18.8 Å². The zero-order chi connectivity index (χ0) is 21.2. The third-order valence-corrected chi connectivity index (χ3v) is 5.75. The number of hydrogen-bond donors (Lipinski definition) is 3. The Hall–Kier alpha value is -1.16. The molecule has 0 heterocycles. The van der Waals surface area contributed by atoms with Crippen LogP contribution in [0.25, 0.3) is 0 Å². The van der Waals surface area contributed by atoms with Gasteiger partial charge < -0.3 is 15.5 Å². The van der Waals surface area contributed by atoms with Crippen molar-refractivity contribution in [1.29, 1.82) is 0 Å². The Balaban J connectivity index is 2.04. The van der Waals surface area contributed by atoms with Crippen LogP contribution in [-0.4, -0.2) is 28.5 Å². The largest absolute Gasteiger partial charge is 0.390 e. The van der Waals surface area contributed by atoms with Crippen molar-refractivity contribution in [3.8, 4) is 0 Å². The highest BCUT2D eigenvalue weighted by Gasteiger charge is 2.23. The molecule has 0 fully saturated rings. The molecule has 0 saturated carbocycles.